The minimum Gasteiger partial charge on any atom is -0.370 e. The van der Waals surface area contributed by atoms with Crippen LogP contribution in [0.25, 0.3) is 0 Å². The van der Waals surface area contributed by atoms with E-state index in [0.29, 0.717) is 5.41 Å². The van der Waals surface area contributed by atoms with Crippen LogP contribution in [0, 0.1) is 5.41 Å². The molecule has 0 bridgehead atoms. The normalized spacial score (nSPS) is 21.3. The molecule has 1 aromatic carbocycles. The van der Waals surface area contributed by atoms with E-state index in [1.54, 1.807) is 5.69 Å². The van der Waals surface area contributed by atoms with Crippen molar-refractivity contribution < 1.29 is 0 Å². The van der Waals surface area contributed by atoms with Gasteiger partial charge in [0, 0.05) is 37.3 Å². The van der Waals surface area contributed by atoms with Crippen molar-refractivity contribution in [1.29, 1.82) is 0 Å². The Hall–Kier alpha value is -1.02. The van der Waals surface area contributed by atoms with Crippen LogP contribution in [-0.4, -0.2) is 26.2 Å². The third-order valence-electron chi connectivity index (χ3n) is 4.72. The van der Waals surface area contributed by atoms with Gasteiger partial charge >= 0.3 is 0 Å². The van der Waals surface area contributed by atoms with Gasteiger partial charge in [0.25, 0.3) is 0 Å². The van der Waals surface area contributed by atoms with Crippen molar-refractivity contribution in [3.8, 4) is 0 Å². The van der Waals surface area contributed by atoms with Crippen LogP contribution >= 0.6 is 0 Å². The lowest BCUT2D eigenvalue weighted by atomic mass is 9.81. The van der Waals surface area contributed by atoms with Crippen molar-refractivity contribution in [2.75, 3.05) is 31.1 Å². The number of rotatable bonds is 3. The molecular formula is C16H24N2. The van der Waals surface area contributed by atoms with Gasteiger partial charge in [0.1, 0.15) is 0 Å². The first-order chi connectivity index (χ1) is 8.78. The SMILES string of the molecule is CCc1cccc(CC)c1N1CCC2(CNC2)C1. The van der Waals surface area contributed by atoms with Crippen LogP contribution in [-0.2, 0) is 12.8 Å². The maximum atomic E-state index is 3.45. The zero-order valence-corrected chi connectivity index (χ0v) is 11.6. The van der Waals surface area contributed by atoms with Crippen LogP contribution in [0.1, 0.15) is 31.4 Å². The van der Waals surface area contributed by atoms with Gasteiger partial charge in [-0.15, -0.1) is 0 Å². The van der Waals surface area contributed by atoms with E-state index in [9.17, 15) is 0 Å². The van der Waals surface area contributed by atoms with Gasteiger partial charge in [-0.3, -0.25) is 0 Å². The van der Waals surface area contributed by atoms with Crippen molar-refractivity contribution in [2.24, 2.45) is 5.41 Å². The Morgan fingerprint density at radius 3 is 2.28 bits per heavy atom. The molecule has 2 saturated heterocycles. The molecule has 2 fully saturated rings. The molecule has 0 unspecified atom stereocenters. The van der Waals surface area contributed by atoms with E-state index in [-0.39, 0.29) is 0 Å². The fourth-order valence-electron chi connectivity index (χ4n) is 3.51. The van der Waals surface area contributed by atoms with E-state index in [1.807, 2.05) is 0 Å². The summed E-state index contributed by atoms with van der Waals surface area (Å²) >= 11 is 0. The second-order valence-corrected chi connectivity index (χ2v) is 5.91. The number of nitrogens with zero attached hydrogens (tertiary/aromatic N) is 1. The zero-order chi connectivity index (χ0) is 12.6. The highest BCUT2D eigenvalue weighted by molar-refractivity contribution is 5.61. The topological polar surface area (TPSA) is 15.3 Å². The van der Waals surface area contributed by atoms with Crippen molar-refractivity contribution >= 4 is 5.69 Å². The number of hydrogen-bond acceptors (Lipinski definition) is 2. The number of benzene rings is 1. The highest BCUT2D eigenvalue weighted by atomic mass is 15.2. The first-order valence-corrected chi connectivity index (χ1v) is 7.34. The maximum Gasteiger partial charge on any atom is 0.0431 e. The second-order valence-electron chi connectivity index (χ2n) is 5.91. The Morgan fingerprint density at radius 2 is 1.83 bits per heavy atom. The fraction of sp³-hybridized carbons (Fsp3) is 0.625. The molecule has 2 aliphatic rings. The lowest BCUT2D eigenvalue weighted by Gasteiger charge is -2.39. The molecule has 0 aliphatic carbocycles. The summed E-state index contributed by atoms with van der Waals surface area (Å²) in [5.74, 6) is 0. The molecule has 1 spiro atoms. The molecule has 1 N–H and O–H groups in total. The monoisotopic (exact) mass is 244 g/mol. The molecule has 98 valence electrons. The Bertz CT molecular complexity index is 412. The van der Waals surface area contributed by atoms with Crippen molar-refractivity contribution in [3.05, 3.63) is 29.3 Å². The number of hydrogen-bond donors (Lipinski definition) is 1. The van der Waals surface area contributed by atoms with E-state index in [2.05, 4.69) is 42.3 Å². The summed E-state index contributed by atoms with van der Waals surface area (Å²) in [6.45, 7) is 9.48. The summed E-state index contributed by atoms with van der Waals surface area (Å²) in [6.07, 6.45) is 3.65. The van der Waals surface area contributed by atoms with E-state index < -0.39 is 0 Å². The van der Waals surface area contributed by atoms with Crippen molar-refractivity contribution in [1.82, 2.24) is 5.32 Å². The van der Waals surface area contributed by atoms with Gasteiger partial charge in [0.2, 0.25) is 0 Å². The molecule has 2 heteroatoms. The summed E-state index contributed by atoms with van der Waals surface area (Å²) < 4.78 is 0. The third kappa shape index (κ3) is 1.83. The van der Waals surface area contributed by atoms with E-state index >= 15 is 0 Å². The molecule has 0 atom stereocenters. The van der Waals surface area contributed by atoms with Gasteiger partial charge in [0.05, 0.1) is 0 Å². The summed E-state index contributed by atoms with van der Waals surface area (Å²) in [4.78, 5) is 2.65. The van der Waals surface area contributed by atoms with Crippen LogP contribution in [0.3, 0.4) is 0 Å². The van der Waals surface area contributed by atoms with E-state index in [4.69, 9.17) is 0 Å². The molecule has 0 amide bonds. The van der Waals surface area contributed by atoms with Crippen LogP contribution in [0.2, 0.25) is 0 Å². The largest absolute Gasteiger partial charge is 0.370 e. The Labute approximate surface area is 110 Å². The first-order valence-electron chi connectivity index (χ1n) is 7.34. The van der Waals surface area contributed by atoms with Crippen molar-refractivity contribution in [2.45, 2.75) is 33.1 Å². The third-order valence-corrected chi connectivity index (χ3v) is 4.72. The van der Waals surface area contributed by atoms with E-state index in [1.165, 1.54) is 43.7 Å². The second kappa shape index (κ2) is 4.58. The molecule has 1 aromatic rings. The quantitative estimate of drug-likeness (QED) is 0.879. The van der Waals surface area contributed by atoms with Gasteiger partial charge in [0.15, 0.2) is 0 Å². The summed E-state index contributed by atoms with van der Waals surface area (Å²) in [6, 6.07) is 6.83. The van der Waals surface area contributed by atoms with Gasteiger partial charge in [-0.1, -0.05) is 32.0 Å². The number of aryl methyl sites for hydroxylation is 2. The van der Waals surface area contributed by atoms with Gasteiger partial charge < -0.3 is 10.2 Å². The fourth-order valence-corrected chi connectivity index (χ4v) is 3.51. The molecule has 0 aromatic heterocycles. The molecule has 18 heavy (non-hydrogen) atoms. The molecule has 2 aliphatic heterocycles. The lowest BCUT2D eigenvalue weighted by molar-refractivity contribution is 0.200. The summed E-state index contributed by atoms with van der Waals surface area (Å²) in [5.41, 5.74) is 5.19. The lowest BCUT2D eigenvalue weighted by Crippen LogP contribution is -2.54. The first kappa shape index (κ1) is 12.0. The van der Waals surface area contributed by atoms with Crippen LogP contribution in [0.4, 0.5) is 5.69 Å². The minimum atomic E-state index is 0.589. The van der Waals surface area contributed by atoms with Gasteiger partial charge in [-0.05, 0) is 30.4 Å². The predicted molar refractivity (Wildman–Crippen MR) is 77.3 cm³/mol. The summed E-state index contributed by atoms with van der Waals surface area (Å²) in [5, 5.41) is 3.45. The smallest absolute Gasteiger partial charge is 0.0431 e. The Morgan fingerprint density at radius 1 is 1.17 bits per heavy atom. The summed E-state index contributed by atoms with van der Waals surface area (Å²) in [7, 11) is 0. The molecular weight excluding hydrogens is 220 g/mol. The number of para-hydroxylation sites is 1. The molecule has 0 radical (unpaired) electrons. The van der Waals surface area contributed by atoms with Crippen LogP contribution in [0.15, 0.2) is 18.2 Å². The molecule has 3 rings (SSSR count). The maximum absolute atomic E-state index is 3.45. The van der Waals surface area contributed by atoms with Crippen molar-refractivity contribution in [3.63, 3.8) is 0 Å². The van der Waals surface area contributed by atoms with E-state index in [0.717, 1.165) is 12.8 Å². The number of nitrogens with one attached hydrogen (secondary N) is 1. The average Bonchev–Trinajstić information content (AvgIpc) is 2.82. The molecule has 2 heterocycles. The highest BCUT2D eigenvalue weighted by Gasteiger charge is 2.43. The van der Waals surface area contributed by atoms with Crippen LogP contribution < -0.4 is 10.2 Å². The highest BCUT2D eigenvalue weighted by Crippen LogP contribution is 2.39. The Kier molecular flexibility index (Phi) is 3.06. The molecule has 2 nitrogen and oxygen atoms in total. The zero-order valence-electron chi connectivity index (χ0n) is 11.6. The minimum absolute atomic E-state index is 0.589. The average molecular weight is 244 g/mol. The Balaban J connectivity index is 1.91. The van der Waals surface area contributed by atoms with Gasteiger partial charge in [-0.25, -0.2) is 0 Å². The van der Waals surface area contributed by atoms with Gasteiger partial charge in [-0.2, -0.15) is 0 Å². The van der Waals surface area contributed by atoms with Crippen LogP contribution in [0.5, 0.6) is 0 Å². The standard InChI is InChI=1S/C16H24N2/c1-3-13-6-5-7-14(4-2)15(13)18-9-8-16(12-18)10-17-11-16/h5-7,17H,3-4,8-12H2,1-2H3. The number of anilines is 1. The predicted octanol–water partition coefficient (Wildman–Crippen LogP) is 2.61. The molecule has 0 saturated carbocycles.